The Kier molecular flexibility index (Phi) is 5.11. The van der Waals surface area contributed by atoms with Crippen LogP contribution in [0.3, 0.4) is 0 Å². The highest BCUT2D eigenvalue weighted by atomic mass is 16.5. The maximum atomic E-state index is 12.7. The van der Waals surface area contributed by atoms with Crippen LogP contribution in [0, 0.1) is 13.8 Å². The standard InChI is InChI=1S/C19H23N3O2/c1-14-5-6-17(10-15(14)2)24-13-19(23)22-9-8-21-12-18(22)16-4-3-7-20-11-16/h3-7,10-11,18,21H,8-9,12-13H2,1-2H3. The van der Waals surface area contributed by atoms with E-state index in [-0.39, 0.29) is 18.6 Å². The van der Waals surface area contributed by atoms with Gasteiger partial charge in [0.1, 0.15) is 5.75 Å². The van der Waals surface area contributed by atoms with Crippen LogP contribution in [0.1, 0.15) is 22.7 Å². The SMILES string of the molecule is Cc1ccc(OCC(=O)N2CCNCC2c2cccnc2)cc1C. The highest BCUT2D eigenvalue weighted by Crippen LogP contribution is 2.22. The summed E-state index contributed by atoms with van der Waals surface area (Å²) in [5, 5.41) is 3.34. The van der Waals surface area contributed by atoms with Gasteiger partial charge in [-0.15, -0.1) is 0 Å². The lowest BCUT2D eigenvalue weighted by Crippen LogP contribution is -2.50. The molecule has 1 aliphatic rings. The maximum absolute atomic E-state index is 12.7. The van der Waals surface area contributed by atoms with Crippen molar-refractivity contribution in [2.45, 2.75) is 19.9 Å². The average molecular weight is 325 g/mol. The number of hydrogen-bond donors (Lipinski definition) is 1. The topological polar surface area (TPSA) is 54.5 Å². The molecular formula is C19H23N3O2. The van der Waals surface area contributed by atoms with Gasteiger partial charge in [-0.3, -0.25) is 9.78 Å². The number of hydrogen-bond acceptors (Lipinski definition) is 4. The number of benzene rings is 1. The van der Waals surface area contributed by atoms with E-state index in [1.54, 1.807) is 6.20 Å². The van der Waals surface area contributed by atoms with Crippen LogP contribution >= 0.6 is 0 Å². The molecule has 1 fully saturated rings. The fraction of sp³-hybridized carbons (Fsp3) is 0.368. The first-order valence-electron chi connectivity index (χ1n) is 8.25. The molecule has 3 rings (SSSR count). The van der Waals surface area contributed by atoms with Gasteiger partial charge in [0.25, 0.3) is 5.91 Å². The Morgan fingerprint density at radius 2 is 2.21 bits per heavy atom. The zero-order chi connectivity index (χ0) is 16.9. The van der Waals surface area contributed by atoms with Gasteiger partial charge in [0.05, 0.1) is 6.04 Å². The Balaban J connectivity index is 1.67. The normalized spacial score (nSPS) is 17.6. The molecule has 1 N–H and O–H groups in total. The van der Waals surface area contributed by atoms with Gasteiger partial charge < -0.3 is 15.0 Å². The van der Waals surface area contributed by atoms with Gasteiger partial charge in [-0.25, -0.2) is 0 Å². The Morgan fingerprint density at radius 1 is 1.33 bits per heavy atom. The molecule has 0 saturated carbocycles. The molecule has 0 spiro atoms. The number of nitrogens with one attached hydrogen (secondary N) is 1. The Hall–Kier alpha value is -2.40. The van der Waals surface area contributed by atoms with Crippen molar-refractivity contribution in [1.29, 1.82) is 0 Å². The van der Waals surface area contributed by atoms with Gasteiger partial charge >= 0.3 is 0 Å². The Bertz CT molecular complexity index is 703. The molecule has 0 aliphatic carbocycles. The molecule has 5 heteroatoms. The van der Waals surface area contributed by atoms with Gasteiger partial charge in [-0.1, -0.05) is 12.1 Å². The fourth-order valence-electron chi connectivity index (χ4n) is 2.91. The molecular weight excluding hydrogens is 302 g/mol. The molecule has 1 amide bonds. The van der Waals surface area contributed by atoms with Gasteiger partial charge in [0, 0.05) is 32.0 Å². The van der Waals surface area contributed by atoms with Crippen molar-refractivity contribution < 1.29 is 9.53 Å². The van der Waals surface area contributed by atoms with E-state index in [9.17, 15) is 4.79 Å². The summed E-state index contributed by atoms with van der Waals surface area (Å²) < 4.78 is 5.71. The minimum Gasteiger partial charge on any atom is -0.484 e. The molecule has 1 saturated heterocycles. The number of aromatic nitrogens is 1. The summed E-state index contributed by atoms with van der Waals surface area (Å²) in [7, 11) is 0. The Labute approximate surface area is 142 Å². The third kappa shape index (κ3) is 3.74. The van der Waals surface area contributed by atoms with Crippen LogP contribution in [0.25, 0.3) is 0 Å². The van der Waals surface area contributed by atoms with Crippen LogP contribution < -0.4 is 10.1 Å². The number of nitrogens with zero attached hydrogens (tertiary/aromatic N) is 2. The van der Waals surface area contributed by atoms with E-state index in [2.05, 4.69) is 17.2 Å². The zero-order valence-corrected chi connectivity index (χ0v) is 14.2. The first-order chi connectivity index (χ1) is 11.6. The van der Waals surface area contributed by atoms with E-state index in [4.69, 9.17) is 4.74 Å². The lowest BCUT2D eigenvalue weighted by atomic mass is 10.1. The quantitative estimate of drug-likeness (QED) is 0.937. The molecule has 1 aromatic heterocycles. The van der Waals surface area contributed by atoms with E-state index >= 15 is 0 Å². The van der Waals surface area contributed by atoms with E-state index in [0.717, 1.165) is 30.0 Å². The van der Waals surface area contributed by atoms with Gasteiger partial charge in [-0.05, 0) is 48.7 Å². The molecule has 0 bridgehead atoms. The molecule has 2 aromatic rings. The minimum atomic E-state index is 0.00306. The third-order valence-corrected chi connectivity index (χ3v) is 4.47. The molecule has 0 radical (unpaired) electrons. The molecule has 5 nitrogen and oxygen atoms in total. The van der Waals surface area contributed by atoms with Crippen molar-refractivity contribution in [3.05, 3.63) is 59.4 Å². The van der Waals surface area contributed by atoms with Crippen LogP contribution in [-0.4, -0.2) is 42.0 Å². The molecule has 24 heavy (non-hydrogen) atoms. The summed E-state index contributed by atoms with van der Waals surface area (Å²) in [6.07, 6.45) is 3.57. The molecule has 1 aromatic carbocycles. The molecule has 1 aliphatic heterocycles. The average Bonchev–Trinajstić information content (AvgIpc) is 2.63. The van der Waals surface area contributed by atoms with Gasteiger partial charge in [-0.2, -0.15) is 0 Å². The molecule has 2 heterocycles. The second-order valence-electron chi connectivity index (χ2n) is 6.13. The highest BCUT2D eigenvalue weighted by Gasteiger charge is 2.28. The van der Waals surface area contributed by atoms with E-state index in [0.29, 0.717) is 6.54 Å². The number of ether oxygens (including phenoxy) is 1. The number of rotatable bonds is 4. The summed E-state index contributed by atoms with van der Waals surface area (Å²) in [6, 6.07) is 9.81. The summed E-state index contributed by atoms with van der Waals surface area (Å²) in [6.45, 7) is 6.36. The van der Waals surface area contributed by atoms with Crippen LogP contribution in [0.15, 0.2) is 42.7 Å². The van der Waals surface area contributed by atoms with E-state index in [1.807, 2.05) is 48.4 Å². The van der Waals surface area contributed by atoms with Gasteiger partial charge in [0.15, 0.2) is 6.61 Å². The predicted molar refractivity (Wildman–Crippen MR) is 93.0 cm³/mol. The van der Waals surface area contributed by atoms with Crippen LogP contribution in [-0.2, 0) is 4.79 Å². The largest absolute Gasteiger partial charge is 0.484 e. The Morgan fingerprint density at radius 3 is 2.96 bits per heavy atom. The maximum Gasteiger partial charge on any atom is 0.261 e. The van der Waals surface area contributed by atoms with Crippen molar-refractivity contribution in [3.63, 3.8) is 0 Å². The number of aryl methyl sites for hydroxylation is 2. The number of piperazine rings is 1. The zero-order valence-electron chi connectivity index (χ0n) is 14.2. The number of carbonyl (C=O) groups is 1. The second kappa shape index (κ2) is 7.45. The number of amides is 1. The first-order valence-corrected chi connectivity index (χ1v) is 8.25. The third-order valence-electron chi connectivity index (χ3n) is 4.47. The molecule has 1 unspecified atom stereocenters. The van der Waals surface area contributed by atoms with E-state index in [1.165, 1.54) is 5.56 Å². The van der Waals surface area contributed by atoms with Crippen molar-refractivity contribution >= 4 is 5.91 Å². The van der Waals surface area contributed by atoms with Crippen LogP contribution in [0.4, 0.5) is 0 Å². The highest BCUT2D eigenvalue weighted by molar-refractivity contribution is 5.78. The number of carbonyl (C=O) groups excluding carboxylic acids is 1. The van der Waals surface area contributed by atoms with E-state index < -0.39 is 0 Å². The summed E-state index contributed by atoms with van der Waals surface area (Å²) >= 11 is 0. The second-order valence-corrected chi connectivity index (χ2v) is 6.13. The summed E-state index contributed by atoms with van der Waals surface area (Å²) in [5.74, 6) is 0.739. The molecule has 1 atom stereocenters. The molecule has 126 valence electrons. The number of pyridine rings is 1. The van der Waals surface area contributed by atoms with Gasteiger partial charge in [0.2, 0.25) is 0 Å². The minimum absolute atomic E-state index is 0.00306. The summed E-state index contributed by atoms with van der Waals surface area (Å²) in [5.41, 5.74) is 3.42. The monoisotopic (exact) mass is 325 g/mol. The first kappa shape index (κ1) is 16.5. The fourth-order valence-corrected chi connectivity index (χ4v) is 2.91. The lowest BCUT2D eigenvalue weighted by Gasteiger charge is -2.36. The van der Waals surface area contributed by atoms with Crippen molar-refractivity contribution in [2.24, 2.45) is 0 Å². The van der Waals surface area contributed by atoms with Crippen molar-refractivity contribution in [1.82, 2.24) is 15.2 Å². The smallest absolute Gasteiger partial charge is 0.261 e. The van der Waals surface area contributed by atoms with Crippen molar-refractivity contribution in [2.75, 3.05) is 26.2 Å². The summed E-state index contributed by atoms with van der Waals surface area (Å²) in [4.78, 5) is 18.7. The predicted octanol–water partition coefficient (Wildman–Crippen LogP) is 2.25. The van der Waals surface area contributed by atoms with Crippen LogP contribution in [0.5, 0.6) is 5.75 Å². The van der Waals surface area contributed by atoms with Crippen molar-refractivity contribution in [3.8, 4) is 5.75 Å². The van der Waals surface area contributed by atoms with Crippen LogP contribution in [0.2, 0.25) is 0 Å². The lowest BCUT2D eigenvalue weighted by molar-refractivity contribution is -0.136.